The molecule has 1 rings (SSSR count). The number of phosphoric ester groups is 1. The lowest BCUT2D eigenvalue weighted by molar-refractivity contribution is -0.291. The molecule has 0 bridgehead atoms. The van der Waals surface area contributed by atoms with Crippen LogP contribution in [0.15, 0.2) is 0 Å². The lowest BCUT2D eigenvalue weighted by Gasteiger charge is -2.44. The van der Waals surface area contributed by atoms with Gasteiger partial charge in [-0.15, -0.1) is 0 Å². The van der Waals surface area contributed by atoms with Crippen molar-refractivity contribution in [1.29, 1.82) is 0 Å². The van der Waals surface area contributed by atoms with Crippen LogP contribution in [0.1, 0.15) is 260 Å². The highest BCUT2D eigenvalue weighted by molar-refractivity contribution is 7.47. The molecule has 0 spiro atoms. The van der Waals surface area contributed by atoms with E-state index in [-0.39, 0.29) is 12.8 Å². The average Bonchev–Trinajstić information content (AvgIpc) is 3.32. The van der Waals surface area contributed by atoms with E-state index in [1.165, 1.54) is 148 Å². The Bertz CT molecular complexity index is 1530. The van der Waals surface area contributed by atoms with E-state index in [9.17, 15) is 38.2 Å². The molecular formula is C55H99O17P. The molecule has 1 N–H and O–H groups in total. The Kier molecular flexibility index (Phi) is 41.0. The summed E-state index contributed by atoms with van der Waals surface area (Å²) in [7, 11) is -5.27. The molecule has 1 heterocycles. The third kappa shape index (κ3) is 38.1. The quantitative estimate of drug-likeness (QED) is 0.0259. The fraction of sp³-hybridized carbons (Fsp3) is 0.891. The van der Waals surface area contributed by atoms with E-state index in [0.717, 1.165) is 72.6 Å². The average molecular weight is 1060 g/mol. The maximum atomic E-state index is 13.6. The molecule has 0 radical (unpaired) electrons. The fourth-order valence-electron chi connectivity index (χ4n) is 8.87. The number of esters is 6. The van der Waals surface area contributed by atoms with Gasteiger partial charge in [0.2, 0.25) is 6.29 Å². The second-order valence-corrected chi connectivity index (χ2v) is 21.2. The third-order valence-electron chi connectivity index (χ3n) is 12.8. The highest BCUT2D eigenvalue weighted by atomic mass is 31.2. The fourth-order valence-corrected chi connectivity index (χ4v) is 9.71. The van der Waals surface area contributed by atoms with Gasteiger partial charge < -0.3 is 38.1 Å². The molecule has 0 aromatic heterocycles. The van der Waals surface area contributed by atoms with E-state index in [0.29, 0.717) is 12.8 Å². The summed E-state index contributed by atoms with van der Waals surface area (Å²) < 4.78 is 62.1. The molecule has 0 aromatic rings. The standard InChI is InChI=1S/C55H99O17P/c1-7-9-11-13-15-17-19-21-23-24-26-28-30-32-34-36-38-40-51(61)70-48(41-65-50(60)39-37-35-33-31-29-27-25-22-20-18-16-14-12-10-8-2)42-66-73(62,63)72-55-54(69-47(6)59)53(68-46(5)58)52(67-45(4)57)49(71-55)43-64-44(3)56/h48-49,52-55H,7-43H2,1-6H3,(H,62,63)/t48-,49?,52?,53?,54?,55?/m1/s1. The summed E-state index contributed by atoms with van der Waals surface area (Å²) in [6, 6.07) is 0. The van der Waals surface area contributed by atoms with E-state index < -0.39 is 100 Å². The summed E-state index contributed by atoms with van der Waals surface area (Å²) in [6.07, 6.45) is 28.5. The predicted molar refractivity (Wildman–Crippen MR) is 278 cm³/mol. The first-order valence-corrected chi connectivity index (χ1v) is 29.9. The van der Waals surface area contributed by atoms with Gasteiger partial charge in [-0.1, -0.05) is 206 Å². The van der Waals surface area contributed by atoms with Crippen molar-refractivity contribution < 1.29 is 80.4 Å². The molecule has 6 unspecified atom stereocenters. The first-order chi connectivity index (χ1) is 35.1. The van der Waals surface area contributed by atoms with Gasteiger partial charge in [-0.05, 0) is 12.8 Å². The largest absolute Gasteiger partial charge is 0.474 e. The Balaban J connectivity index is 2.81. The highest BCUT2D eigenvalue weighted by Gasteiger charge is 2.54. The van der Waals surface area contributed by atoms with Crippen molar-refractivity contribution in [2.45, 2.75) is 297 Å². The monoisotopic (exact) mass is 1060 g/mol. The van der Waals surface area contributed by atoms with E-state index in [1.54, 1.807) is 0 Å². The van der Waals surface area contributed by atoms with Crippen LogP contribution in [0.5, 0.6) is 0 Å². The van der Waals surface area contributed by atoms with Crippen LogP contribution in [0.4, 0.5) is 0 Å². The van der Waals surface area contributed by atoms with Crippen molar-refractivity contribution in [2.75, 3.05) is 19.8 Å². The molecule has 426 valence electrons. The molecule has 1 aliphatic rings. The van der Waals surface area contributed by atoms with Crippen molar-refractivity contribution in [3.05, 3.63) is 0 Å². The first-order valence-electron chi connectivity index (χ1n) is 28.4. The Hall–Kier alpha value is -3.11. The summed E-state index contributed by atoms with van der Waals surface area (Å²) >= 11 is 0. The van der Waals surface area contributed by atoms with Crippen LogP contribution in [-0.2, 0) is 75.5 Å². The van der Waals surface area contributed by atoms with Crippen molar-refractivity contribution in [3.63, 3.8) is 0 Å². The molecule has 7 atom stereocenters. The Morgan fingerprint density at radius 3 is 1.19 bits per heavy atom. The SMILES string of the molecule is CCCCCCCCCCCCCCCCCCCC(=O)O[C@H](COC(=O)CCCCCCCCCCCCCCCCC)COP(=O)(O)OC1OC(COC(C)=O)C(OC(C)=O)C(OC(C)=O)C1OC(C)=O. The van der Waals surface area contributed by atoms with Gasteiger partial charge in [0.25, 0.3) is 0 Å². The normalized spacial score (nSPS) is 18.8. The van der Waals surface area contributed by atoms with Gasteiger partial charge in [-0.2, -0.15) is 0 Å². The summed E-state index contributed by atoms with van der Waals surface area (Å²) in [6.45, 7) is 6.82. The van der Waals surface area contributed by atoms with Gasteiger partial charge in [-0.25, -0.2) is 4.57 Å². The van der Waals surface area contributed by atoms with E-state index >= 15 is 0 Å². The zero-order chi connectivity index (χ0) is 54.0. The van der Waals surface area contributed by atoms with Crippen LogP contribution in [-0.4, -0.2) is 97.3 Å². The maximum Gasteiger partial charge on any atom is 0.474 e. The molecular weight excluding hydrogens is 964 g/mol. The predicted octanol–water partition coefficient (Wildman–Crippen LogP) is 13.0. The smallest absolute Gasteiger partial charge is 0.463 e. The lowest BCUT2D eigenvalue weighted by atomic mass is 9.98. The van der Waals surface area contributed by atoms with Gasteiger partial charge in [-0.3, -0.25) is 37.8 Å². The van der Waals surface area contributed by atoms with Crippen LogP contribution in [0.3, 0.4) is 0 Å². The molecule has 0 aliphatic carbocycles. The van der Waals surface area contributed by atoms with Crippen molar-refractivity contribution in [3.8, 4) is 0 Å². The highest BCUT2D eigenvalue weighted by Crippen LogP contribution is 2.47. The maximum absolute atomic E-state index is 13.6. The minimum atomic E-state index is -5.27. The number of carbonyl (C=O) groups excluding carboxylic acids is 6. The van der Waals surface area contributed by atoms with Crippen LogP contribution in [0.25, 0.3) is 0 Å². The second-order valence-electron chi connectivity index (χ2n) is 19.8. The second kappa shape index (κ2) is 44.1. The van der Waals surface area contributed by atoms with Crippen LogP contribution in [0.2, 0.25) is 0 Å². The molecule has 1 saturated heterocycles. The molecule has 1 aliphatic heterocycles. The third-order valence-corrected chi connectivity index (χ3v) is 13.8. The number of hydrogen-bond donors (Lipinski definition) is 1. The molecule has 1 fully saturated rings. The minimum Gasteiger partial charge on any atom is -0.463 e. The van der Waals surface area contributed by atoms with Crippen molar-refractivity contribution in [2.24, 2.45) is 0 Å². The summed E-state index contributed by atoms with van der Waals surface area (Å²) in [5.41, 5.74) is 0. The van der Waals surface area contributed by atoms with E-state index in [4.69, 9.17) is 42.2 Å². The molecule has 17 nitrogen and oxygen atoms in total. The summed E-state index contributed by atoms with van der Waals surface area (Å²) in [5.74, 6) is -4.62. The van der Waals surface area contributed by atoms with Gasteiger partial charge >= 0.3 is 43.6 Å². The molecule has 0 saturated carbocycles. The Morgan fingerprint density at radius 1 is 0.452 bits per heavy atom. The molecule has 18 heteroatoms. The van der Waals surface area contributed by atoms with Crippen LogP contribution in [0, 0.1) is 0 Å². The number of carbonyl (C=O) groups is 6. The van der Waals surface area contributed by atoms with Gasteiger partial charge in [0.15, 0.2) is 24.4 Å². The van der Waals surface area contributed by atoms with Crippen molar-refractivity contribution >= 4 is 43.6 Å². The number of hydrogen-bond acceptors (Lipinski definition) is 16. The zero-order valence-electron chi connectivity index (χ0n) is 46.1. The molecule has 0 aromatic carbocycles. The van der Waals surface area contributed by atoms with Gasteiger partial charge in [0.1, 0.15) is 19.3 Å². The Labute approximate surface area is 439 Å². The number of ether oxygens (including phenoxy) is 7. The topological polar surface area (TPSA) is 223 Å². The van der Waals surface area contributed by atoms with Crippen LogP contribution >= 0.6 is 7.82 Å². The number of rotatable bonds is 47. The number of phosphoric acid groups is 1. The van der Waals surface area contributed by atoms with Crippen LogP contribution < -0.4 is 0 Å². The molecule has 0 amide bonds. The number of unbranched alkanes of at least 4 members (excludes halogenated alkanes) is 30. The Morgan fingerprint density at radius 2 is 0.808 bits per heavy atom. The molecule has 73 heavy (non-hydrogen) atoms. The van der Waals surface area contributed by atoms with Gasteiger partial charge in [0, 0.05) is 40.5 Å². The minimum absolute atomic E-state index is 0.0696. The van der Waals surface area contributed by atoms with E-state index in [2.05, 4.69) is 13.8 Å². The van der Waals surface area contributed by atoms with Gasteiger partial charge in [0.05, 0.1) is 6.61 Å². The summed E-state index contributed by atoms with van der Waals surface area (Å²) in [4.78, 5) is 85.2. The van der Waals surface area contributed by atoms with Crippen molar-refractivity contribution in [1.82, 2.24) is 0 Å². The first kappa shape index (κ1) is 67.9. The summed E-state index contributed by atoms with van der Waals surface area (Å²) in [5, 5.41) is 0. The zero-order valence-corrected chi connectivity index (χ0v) is 46.9. The van der Waals surface area contributed by atoms with E-state index in [1.807, 2.05) is 0 Å². The lowest BCUT2D eigenvalue weighted by Crippen LogP contribution is -2.62.